The molecule has 0 aliphatic rings. The van der Waals surface area contributed by atoms with Gasteiger partial charge in [0.1, 0.15) is 0 Å². The lowest BCUT2D eigenvalue weighted by Gasteiger charge is -2.25. The number of rotatable bonds is 6. The van der Waals surface area contributed by atoms with Crippen molar-refractivity contribution in [3.63, 3.8) is 0 Å². The highest BCUT2D eigenvalue weighted by Gasteiger charge is 2.16. The maximum Gasteiger partial charge on any atom is -0.00772 e. The van der Waals surface area contributed by atoms with Gasteiger partial charge in [-0.2, -0.15) is 0 Å². The van der Waals surface area contributed by atoms with Gasteiger partial charge in [0.15, 0.2) is 0 Å². The Bertz CT molecular complexity index is 101. The Morgan fingerprint density at radius 2 is 1.67 bits per heavy atom. The van der Waals surface area contributed by atoms with Gasteiger partial charge in [0.25, 0.3) is 0 Å². The highest BCUT2D eigenvalue weighted by Crippen LogP contribution is 2.25. The molecule has 0 amide bonds. The zero-order valence-corrected chi connectivity index (χ0v) is 9.14. The molecule has 0 bridgehead atoms. The normalized spacial score (nSPS) is 18.8. The number of hydrogen-bond acceptors (Lipinski definition) is 1. The first-order chi connectivity index (χ1) is 5.63. The summed E-state index contributed by atoms with van der Waals surface area (Å²) in [4.78, 5) is 0. The van der Waals surface area contributed by atoms with E-state index in [1.165, 1.54) is 19.3 Å². The topological polar surface area (TPSA) is 26.0 Å². The van der Waals surface area contributed by atoms with Crippen LogP contribution in [0, 0.1) is 17.8 Å². The molecule has 0 aliphatic carbocycles. The van der Waals surface area contributed by atoms with Crippen LogP contribution in [-0.4, -0.2) is 6.54 Å². The van der Waals surface area contributed by atoms with Crippen LogP contribution in [0.2, 0.25) is 0 Å². The fraction of sp³-hybridized carbons (Fsp3) is 1.00. The van der Waals surface area contributed by atoms with Crippen molar-refractivity contribution >= 4 is 0 Å². The summed E-state index contributed by atoms with van der Waals surface area (Å²) in [5, 5.41) is 0. The standard InChI is InChI=1S/C11H25N/c1-5-9(2)11(4)10(3)7-6-8-12/h9-11H,5-8,12H2,1-4H3. The van der Waals surface area contributed by atoms with Crippen LogP contribution >= 0.6 is 0 Å². The van der Waals surface area contributed by atoms with Crippen LogP contribution in [0.5, 0.6) is 0 Å². The van der Waals surface area contributed by atoms with Crippen molar-refractivity contribution in [3.8, 4) is 0 Å². The maximum atomic E-state index is 5.49. The fourth-order valence-corrected chi connectivity index (χ4v) is 1.64. The third kappa shape index (κ3) is 4.10. The molecule has 3 atom stereocenters. The SMILES string of the molecule is CCC(C)C(C)C(C)CCCN. The van der Waals surface area contributed by atoms with Crippen LogP contribution in [-0.2, 0) is 0 Å². The lowest BCUT2D eigenvalue weighted by molar-refractivity contribution is 0.258. The smallest absolute Gasteiger partial charge is 0.00772 e. The third-order valence-electron chi connectivity index (χ3n) is 3.30. The Hall–Kier alpha value is -0.0400. The van der Waals surface area contributed by atoms with E-state index < -0.39 is 0 Å². The largest absolute Gasteiger partial charge is 0.330 e. The van der Waals surface area contributed by atoms with Crippen molar-refractivity contribution in [2.24, 2.45) is 23.5 Å². The molecule has 0 rings (SSSR count). The summed E-state index contributed by atoms with van der Waals surface area (Å²) in [7, 11) is 0. The first-order valence-electron chi connectivity index (χ1n) is 5.33. The predicted molar refractivity (Wildman–Crippen MR) is 56.1 cm³/mol. The molecule has 0 saturated heterocycles. The molecule has 0 spiro atoms. The molecule has 0 aromatic rings. The van der Waals surface area contributed by atoms with Gasteiger partial charge in [-0.3, -0.25) is 0 Å². The Morgan fingerprint density at radius 1 is 1.08 bits per heavy atom. The van der Waals surface area contributed by atoms with Gasteiger partial charge >= 0.3 is 0 Å². The molecule has 0 saturated carbocycles. The summed E-state index contributed by atoms with van der Waals surface area (Å²) in [5.41, 5.74) is 5.49. The van der Waals surface area contributed by atoms with Gasteiger partial charge < -0.3 is 5.73 Å². The minimum absolute atomic E-state index is 0.837. The molecule has 0 fully saturated rings. The van der Waals surface area contributed by atoms with E-state index >= 15 is 0 Å². The Kier molecular flexibility index (Phi) is 6.45. The van der Waals surface area contributed by atoms with E-state index in [4.69, 9.17) is 5.73 Å². The molecular formula is C11H25N. The van der Waals surface area contributed by atoms with Crippen LogP contribution in [0.15, 0.2) is 0 Å². The molecule has 1 heteroatoms. The summed E-state index contributed by atoms with van der Waals surface area (Å²) < 4.78 is 0. The monoisotopic (exact) mass is 171 g/mol. The van der Waals surface area contributed by atoms with Crippen molar-refractivity contribution in [3.05, 3.63) is 0 Å². The molecule has 0 aromatic carbocycles. The molecule has 0 aromatic heterocycles. The average Bonchev–Trinajstić information content (AvgIpc) is 2.11. The van der Waals surface area contributed by atoms with E-state index in [0.29, 0.717) is 0 Å². The molecule has 2 N–H and O–H groups in total. The van der Waals surface area contributed by atoms with Crippen molar-refractivity contribution < 1.29 is 0 Å². The lowest BCUT2D eigenvalue weighted by Crippen LogP contribution is -2.17. The maximum absolute atomic E-state index is 5.49. The van der Waals surface area contributed by atoms with E-state index in [9.17, 15) is 0 Å². The quantitative estimate of drug-likeness (QED) is 0.653. The van der Waals surface area contributed by atoms with Gasteiger partial charge in [0.2, 0.25) is 0 Å². The van der Waals surface area contributed by atoms with Crippen LogP contribution in [0.3, 0.4) is 0 Å². The summed E-state index contributed by atoms with van der Waals surface area (Å²) in [6.45, 7) is 10.2. The van der Waals surface area contributed by atoms with E-state index in [-0.39, 0.29) is 0 Å². The van der Waals surface area contributed by atoms with Gasteiger partial charge in [-0.15, -0.1) is 0 Å². The van der Waals surface area contributed by atoms with Crippen molar-refractivity contribution in [2.45, 2.75) is 47.0 Å². The van der Waals surface area contributed by atoms with Crippen LogP contribution in [0.4, 0.5) is 0 Å². The minimum Gasteiger partial charge on any atom is -0.330 e. The molecule has 3 unspecified atom stereocenters. The molecule has 74 valence electrons. The second kappa shape index (κ2) is 6.47. The molecule has 0 aliphatic heterocycles. The minimum atomic E-state index is 0.837. The van der Waals surface area contributed by atoms with Crippen molar-refractivity contribution in [1.82, 2.24) is 0 Å². The summed E-state index contributed by atoms with van der Waals surface area (Å²) in [5.74, 6) is 2.54. The predicted octanol–water partition coefficient (Wildman–Crippen LogP) is 3.04. The first-order valence-corrected chi connectivity index (χ1v) is 5.33. The second-order valence-corrected chi connectivity index (χ2v) is 4.15. The van der Waals surface area contributed by atoms with Gasteiger partial charge in [-0.1, -0.05) is 34.1 Å². The third-order valence-corrected chi connectivity index (χ3v) is 3.30. The Labute approximate surface area is 77.7 Å². The lowest BCUT2D eigenvalue weighted by atomic mass is 9.81. The van der Waals surface area contributed by atoms with E-state index in [2.05, 4.69) is 27.7 Å². The van der Waals surface area contributed by atoms with Gasteiger partial charge in [0, 0.05) is 0 Å². The van der Waals surface area contributed by atoms with E-state index in [1.54, 1.807) is 0 Å². The zero-order valence-electron chi connectivity index (χ0n) is 9.14. The fourth-order valence-electron chi connectivity index (χ4n) is 1.64. The average molecular weight is 171 g/mol. The second-order valence-electron chi connectivity index (χ2n) is 4.15. The molecule has 0 heterocycles. The highest BCUT2D eigenvalue weighted by atomic mass is 14.5. The van der Waals surface area contributed by atoms with Crippen LogP contribution in [0.1, 0.15) is 47.0 Å². The zero-order chi connectivity index (χ0) is 9.56. The number of nitrogens with two attached hydrogens (primary N) is 1. The van der Waals surface area contributed by atoms with Crippen molar-refractivity contribution in [1.29, 1.82) is 0 Å². The van der Waals surface area contributed by atoms with Crippen molar-refractivity contribution in [2.75, 3.05) is 6.54 Å². The molecular weight excluding hydrogens is 146 g/mol. The summed E-state index contributed by atoms with van der Waals surface area (Å²) in [6, 6.07) is 0. The number of hydrogen-bond donors (Lipinski definition) is 1. The summed E-state index contributed by atoms with van der Waals surface area (Å²) >= 11 is 0. The molecule has 1 nitrogen and oxygen atoms in total. The Morgan fingerprint density at radius 3 is 2.08 bits per heavy atom. The Balaban J connectivity index is 3.67. The van der Waals surface area contributed by atoms with Gasteiger partial charge in [-0.05, 0) is 37.1 Å². The van der Waals surface area contributed by atoms with E-state index in [0.717, 1.165) is 24.3 Å². The van der Waals surface area contributed by atoms with Gasteiger partial charge in [-0.25, -0.2) is 0 Å². The highest BCUT2D eigenvalue weighted by molar-refractivity contribution is 4.67. The van der Waals surface area contributed by atoms with Crippen LogP contribution < -0.4 is 5.73 Å². The summed E-state index contributed by atoms with van der Waals surface area (Å²) in [6.07, 6.45) is 3.78. The first kappa shape index (κ1) is 12.0. The molecule has 12 heavy (non-hydrogen) atoms. The molecule has 0 radical (unpaired) electrons. The van der Waals surface area contributed by atoms with Crippen LogP contribution in [0.25, 0.3) is 0 Å². The van der Waals surface area contributed by atoms with E-state index in [1.807, 2.05) is 0 Å². The van der Waals surface area contributed by atoms with Gasteiger partial charge in [0.05, 0.1) is 0 Å².